The highest BCUT2D eigenvalue weighted by Crippen LogP contribution is 2.21. The molecule has 7 heteroatoms. The fourth-order valence-corrected chi connectivity index (χ4v) is 1.52. The number of nitrogens with one attached hydrogen (secondary N) is 1. The zero-order chi connectivity index (χ0) is 11.5. The van der Waals surface area contributed by atoms with Gasteiger partial charge in [0.15, 0.2) is 10.3 Å². The Labute approximate surface area is 102 Å². The van der Waals surface area contributed by atoms with Gasteiger partial charge < -0.3 is 9.88 Å². The first-order chi connectivity index (χ1) is 7.66. The van der Waals surface area contributed by atoms with Crippen LogP contribution in [0.5, 0.6) is 0 Å². The Morgan fingerprint density at radius 1 is 1.38 bits per heavy atom. The molecule has 0 radical (unpaired) electrons. The summed E-state index contributed by atoms with van der Waals surface area (Å²) in [4.78, 5) is 4.17. The number of imidazole rings is 1. The van der Waals surface area contributed by atoms with Crippen LogP contribution in [0, 0.1) is 0 Å². The summed E-state index contributed by atoms with van der Waals surface area (Å²) in [5.41, 5.74) is 0.643. The monoisotopic (exact) mass is 257 g/mol. The molecule has 5 nitrogen and oxygen atoms in total. The van der Waals surface area contributed by atoms with Crippen molar-refractivity contribution < 1.29 is 0 Å². The number of nitrogens with zero attached hydrogens (tertiary/aromatic N) is 4. The molecule has 0 atom stereocenters. The molecule has 2 aromatic rings. The Hall–Kier alpha value is -1.33. The number of rotatable bonds is 3. The SMILES string of the molecule is Cn1ccnc1CNc1cc(Cl)nnc1Cl. The Bertz CT molecular complexity index is 496. The van der Waals surface area contributed by atoms with Crippen LogP contribution >= 0.6 is 23.2 Å². The predicted molar refractivity (Wildman–Crippen MR) is 62.6 cm³/mol. The van der Waals surface area contributed by atoms with Gasteiger partial charge in [0.1, 0.15) is 5.82 Å². The summed E-state index contributed by atoms with van der Waals surface area (Å²) in [6.07, 6.45) is 3.60. The van der Waals surface area contributed by atoms with Gasteiger partial charge in [-0.2, -0.15) is 0 Å². The highest BCUT2D eigenvalue weighted by atomic mass is 35.5. The van der Waals surface area contributed by atoms with E-state index in [4.69, 9.17) is 23.2 Å². The third-order valence-electron chi connectivity index (χ3n) is 2.08. The van der Waals surface area contributed by atoms with Gasteiger partial charge in [-0.15, -0.1) is 10.2 Å². The third kappa shape index (κ3) is 2.43. The van der Waals surface area contributed by atoms with Crippen LogP contribution in [0.25, 0.3) is 0 Å². The highest BCUT2D eigenvalue weighted by molar-refractivity contribution is 6.33. The minimum Gasteiger partial charge on any atom is -0.375 e. The average Bonchev–Trinajstić information content (AvgIpc) is 2.66. The standard InChI is InChI=1S/C9H9Cl2N5/c1-16-3-2-12-8(16)5-13-6-4-7(10)14-15-9(6)11/h2-4H,5H2,1H3,(H,13,14). The normalized spacial score (nSPS) is 10.4. The lowest BCUT2D eigenvalue weighted by molar-refractivity contribution is 0.812. The zero-order valence-electron chi connectivity index (χ0n) is 8.48. The van der Waals surface area contributed by atoms with E-state index in [1.54, 1.807) is 12.3 Å². The Morgan fingerprint density at radius 3 is 2.88 bits per heavy atom. The summed E-state index contributed by atoms with van der Waals surface area (Å²) in [7, 11) is 1.92. The first-order valence-electron chi connectivity index (χ1n) is 4.55. The molecule has 1 N–H and O–H groups in total. The summed E-state index contributed by atoms with van der Waals surface area (Å²) in [5.74, 6) is 0.893. The third-order valence-corrected chi connectivity index (χ3v) is 2.54. The van der Waals surface area contributed by atoms with E-state index in [2.05, 4.69) is 20.5 Å². The van der Waals surface area contributed by atoms with Gasteiger partial charge in [-0.3, -0.25) is 0 Å². The topological polar surface area (TPSA) is 55.6 Å². The molecule has 0 saturated carbocycles. The van der Waals surface area contributed by atoms with Crippen LogP contribution < -0.4 is 5.32 Å². The minimum atomic E-state index is 0.290. The maximum absolute atomic E-state index is 5.85. The van der Waals surface area contributed by atoms with E-state index in [0.29, 0.717) is 22.5 Å². The van der Waals surface area contributed by atoms with E-state index in [0.717, 1.165) is 5.82 Å². The summed E-state index contributed by atoms with van der Waals surface area (Å²) >= 11 is 11.6. The lowest BCUT2D eigenvalue weighted by Gasteiger charge is -2.07. The molecule has 2 aromatic heterocycles. The Morgan fingerprint density at radius 2 is 2.19 bits per heavy atom. The quantitative estimate of drug-likeness (QED) is 0.916. The van der Waals surface area contributed by atoms with Crippen molar-refractivity contribution in [3.05, 3.63) is 34.6 Å². The van der Waals surface area contributed by atoms with E-state index in [1.807, 2.05) is 17.8 Å². The summed E-state index contributed by atoms with van der Waals surface area (Å²) in [6.45, 7) is 0.547. The maximum atomic E-state index is 5.85. The molecule has 0 aromatic carbocycles. The first-order valence-corrected chi connectivity index (χ1v) is 5.31. The number of aryl methyl sites for hydroxylation is 1. The van der Waals surface area contributed by atoms with Crippen LogP contribution in [0.15, 0.2) is 18.5 Å². The molecule has 0 aliphatic rings. The zero-order valence-corrected chi connectivity index (χ0v) is 10.00. The van der Waals surface area contributed by atoms with Gasteiger partial charge in [0.05, 0.1) is 12.2 Å². The highest BCUT2D eigenvalue weighted by Gasteiger charge is 2.05. The second-order valence-corrected chi connectivity index (χ2v) is 3.92. The van der Waals surface area contributed by atoms with Crippen LogP contribution in [-0.4, -0.2) is 19.7 Å². The van der Waals surface area contributed by atoms with Crippen molar-refractivity contribution in [2.45, 2.75) is 6.54 Å². The molecule has 2 heterocycles. The van der Waals surface area contributed by atoms with Crippen LogP contribution in [0.1, 0.15) is 5.82 Å². The molecule has 0 saturated heterocycles. The number of halogens is 2. The number of hydrogen-bond acceptors (Lipinski definition) is 4. The average molecular weight is 258 g/mol. The van der Waals surface area contributed by atoms with Crippen LogP contribution in [0.2, 0.25) is 10.3 Å². The van der Waals surface area contributed by atoms with E-state index >= 15 is 0 Å². The molecule has 0 unspecified atom stereocenters. The second-order valence-electron chi connectivity index (χ2n) is 3.18. The van der Waals surface area contributed by atoms with Gasteiger partial charge in [-0.25, -0.2) is 4.98 Å². The number of aromatic nitrogens is 4. The fourth-order valence-electron chi connectivity index (χ4n) is 1.22. The molecule has 84 valence electrons. The van der Waals surface area contributed by atoms with Crippen molar-refractivity contribution in [2.24, 2.45) is 7.05 Å². The molecule has 0 bridgehead atoms. The van der Waals surface area contributed by atoms with Gasteiger partial charge in [0, 0.05) is 25.5 Å². The molecular weight excluding hydrogens is 249 g/mol. The molecule has 2 rings (SSSR count). The number of anilines is 1. The van der Waals surface area contributed by atoms with Crippen LogP contribution in [0.3, 0.4) is 0 Å². The van der Waals surface area contributed by atoms with E-state index in [9.17, 15) is 0 Å². The van der Waals surface area contributed by atoms with Gasteiger partial charge in [0.25, 0.3) is 0 Å². The lowest BCUT2D eigenvalue weighted by atomic mass is 10.4. The molecule has 0 aliphatic heterocycles. The molecule has 0 fully saturated rings. The second kappa shape index (κ2) is 4.67. The van der Waals surface area contributed by atoms with Gasteiger partial charge >= 0.3 is 0 Å². The van der Waals surface area contributed by atoms with Crippen molar-refractivity contribution in [1.29, 1.82) is 0 Å². The lowest BCUT2D eigenvalue weighted by Crippen LogP contribution is -2.06. The molecule has 0 amide bonds. The van der Waals surface area contributed by atoms with Crippen molar-refractivity contribution in [1.82, 2.24) is 19.7 Å². The minimum absolute atomic E-state index is 0.290. The summed E-state index contributed by atoms with van der Waals surface area (Å²) in [5, 5.41) is 11.0. The van der Waals surface area contributed by atoms with Crippen LogP contribution in [-0.2, 0) is 13.6 Å². The van der Waals surface area contributed by atoms with E-state index < -0.39 is 0 Å². The van der Waals surface area contributed by atoms with E-state index in [-0.39, 0.29) is 0 Å². The summed E-state index contributed by atoms with van der Waals surface area (Å²) < 4.78 is 1.91. The summed E-state index contributed by atoms with van der Waals surface area (Å²) in [6, 6.07) is 1.62. The van der Waals surface area contributed by atoms with Crippen LogP contribution in [0.4, 0.5) is 5.69 Å². The van der Waals surface area contributed by atoms with Gasteiger partial charge in [-0.1, -0.05) is 23.2 Å². The first kappa shape index (κ1) is 11.2. The maximum Gasteiger partial charge on any atom is 0.174 e. The van der Waals surface area contributed by atoms with E-state index in [1.165, 1.54) is 0 Å². The van der Waals surface area contributed by atoms with Crippen molar-refractivity contribution in [3.63, 3.8) is 0 Å². The molecule has 0 aliphatic carbocycles. The van der Waals surface area contributed by atoms with Crippen molar-refractivity contribution in [3.8, 4) is 0 Å². The van der Waals surface area contributed by atoms with Gasteiger partial charge in [0.2, 0.25) is 0 Å². The van der Waals surface area contributed by atoms with Gasteiger partial charge in [-0.05, 0) is 0 Å². The fraction of sp³-hybridized carbons (Fsp3) is 0.222. The largest absolute Gasteiger partial charge is 0.375 e. The van der Waals surface area contributed by atoms with Crippen molar-refractivity contribution in [2.75, 3.05) is 5.32 Å². The molecular formula is C9H9Cl2N5. The molecule has 0 spiro atoms. The smallest absolute Gasteiger partial charge is 0.174 e. The Kier molecular flexibility index (Phi) is 3.26. The Balaban J connectivity index is 2.10. The van der Waals surface area contributed by atoms with Crippen molar-refractivity contribution >= 4 is 28.9 Å². The molecule has 16 heavy (non-hydrogen) atoms. The predicted octanol–water partition coefficient (Wildman–Crippen LogP) is 2.13. The number of hydrogen-bond donors (Lipinski definition) is 1.